The van der Waals surface area contributed by atoms with Gasteiger partial charge in [-0.1, -0.05) is 140 Å². The second kappa shape index (κ2) is 12.9. The SMILES string of the molecule is c1ccc(-n2c3ccccc3c3cc4c(cc32)c2ccccc2n4-c2ccc(-c3cc(-c4ccc5ccccc5c4)nc(-c4ccc5ccccc5c4)n3)cc2)cc1. The Balaban J connectivity index is 1.03. The zero-order chi connectivity index (χ0) is 38.2. The van der Waals surface area contributed by atoms with Crippen molar-refractivity contribution in [1.29, 1.82) is 0 Å². The molecule has 0 aliphatic carbocycles. The van der Waals surface area contributed by atoms with E-state index in [1.165, 1.54) is 65.2 Å². The van der Waals surface area contributed by atoms with Gasteiger partial charge < -0.3 is 9.13 Å². The van der Waals surface area contributed by atoms with E-state index in [1.807, 2.05) is 0 Å². The fourth-order valence-electron chi connectivity index (χ4n) is 8.89. The second-order valence-electron chi connectivity index (χ2n) is 15.1. The number of para-hydroxylation sites is 3. The molecule has 270 valence electrons. The molecule has 0 bridgehead atoms. The molecule has 0 saturated heterocycles. The van der Waals surface area contributed by atoms with Crippen LogP contribution in [0.3, 0.4) is 0 Å². The maximum atomic E-state index is 5.23. The van der Waals surface area contributed by atoms with Crippen molar-refractivity contribution in [3.8, 4) is 45.3 Å². The van der Waals surface area contributed by atoms with Gasteiger partial charge in [-0.2, -0.15) is 0 Å². The molecule has 0 spiro atoms. The van der Waals surface area contributed by atoms with Crippen LogP contribution < -0.4 is 0 Å². The fourth-order valence-corrected chi connectivity index (χ4v) is 8.89. The maximum absolute atomic E-state index is 5.23. The fraction of sp³-hybridized carbons (Fsp3) is 0. The van der Waals surface area contributed by atoms with Crippen LogP contribution in [0.15, 0.2) is 206 Å². The van der Waals surface area contributed by atoms with Crippen LogP contribution in [0.2, 0.25) is 0 Å². The lowest BCUT2D eigenvalue weighted by atomic mass is 10.0. The third-order valence-corrected chi connectivity index (χ3v) is 11.7. The van der Waals surface area contributed by atoms with Crippen LogP contribution in [0.1, 0.15) is 0 Å². The Morgan fingerprint density at radius 3 is 1.33 bits per heavy atom. The van der Waals surface area contributed by atoms with Gasteiger partial charge in [0.1, 0.15) is 0 Å². The van der Waals surface area contributed by atoms with E-state index in [-0.39, 0.29) is 0 Å². The van der Waals surface area contributed by atoms with Crippen molar-refractivity contribution in [2.45, 2.75) is 0 Å². The Morgan fingerprint density at radius 2 is 0.724 bits per heavy atom. The van der Waals surface area contributed by atoms with E-state index in [2.05, 4.69) is 215 Å². The molecule has 0 saturated carbocycles. The van der Waals surface area contributed by atoms with Gasteiger partial charge in [0, 0.05) is 49.6 Å². The summed E-state index contributed by atoms with van der Waals surface area (Å²) in [6, 6.07) is 73.9. The predicted molar refractivity (Wildman–Crippen MR) is 242 cm³/mol. The Kier molecular flexibility index (Phi) is 7.20. The Hall–Kier alpha value is -7.82. The number of nitrogens with zero attached hydrogens (tertiary/aromatic N) is 4. The molecule has 9 aromatic carbocycles. The van der Waals surface area contributed by atoms with Crippen molar-refractivity contribution < 1.29 is 0 Å². The second-order valence-corrected chi connectivity index (χ2v) is 15.1. The van der Waals surface area contributed by atoms with E-state index >= 15 is 0 Å². The summed E-state index contributed by atoms with van der Waals surface area (Å²) in [7, 11) is 0. The van der Waals surface area contributed by atoms with Crippen LogP contribution in [0.4, 0.5) is 0 Å². The van der Waals surface area contributed by atoms with Gasteiger partial charge in [0.15, 0.2) is 5.82 Å². The summed E-state index contributed by atoms with van der Waals surface area (Å²) >= 11 is 0. The van der Waals surface area contributed by atoms with Crippen molar-refractivity contribution in [2.75, 3.05) is 0 Å². The highest BCUT2D eigenvalue weighted by Crippen LogP contribution is 2.40. The molecule has 58 heavy (non-hydrogen) atoms. The number of aromatic nitrogens is 4. The Bertz CT molecular complexity index is 3460. The monoisotopic (exact) mass is 738 g/mol. The number of fused-ring (bicyclic) bond motifs is 8. The molecule has 0 unspecified atom stereocenters. The summed E-state index contributed by atoms with van der Waals surface area (Å²) in [5.41, 5.74) is 11.9. The van der Waals surface area contributed by atoms with Crippen LogP contribution in [0.25, 0.3) is 110 Å². The Labute approximate surface area is 334 Å². The lowest BCUT2D eigenvalue weighted by molar-refractivity contribution is 1.17. The molecule has 4 nitrogen and oxygen atoms in total. The first-order valence-electron chi connectivity index (χ1n) is 19.7. The highest BCUT2D eigenvalue weighted by Gasteiger charge is 2.19. The molecule has 0 atom stereocenters. The molecule has 0 amide bonds. The summed E-state index contributed by atoms with van der Waals surface area (Å²) < 4.78 is 4.80. The molecular formula is C54H34N4. The standard InChI is InChI=1S/C54H34N4/c1-2-16-42(17-3-1)57-50-20-10-8-18-44(50)46-33-53-47(32-52(46)57)45-19-9-11-21-51(45)58(53)43-28-26-37(27-29-43)48-34-49(40-24-22-35-12-4-6-14-38(35)30-40)56-54(55-48)41-25-23-36-13-5-7-15-39(36)31-41/h1-34H. The van der Waals surface area contributed by atoms with E-state index < -0.39 is 0 Å². The smallest absolute Gasteiger partial charge is 0.160 e. The van der Waals surface area contributed by atoms with Crippen molar-refractivity contribution >= 4 is 65.2 Å². The van der Waals surface area contributed by atoms with Crippen LogP contribution in [0, 0.1) is 0 Å². The maximum Gasteiger partial charge on any atom is 0.160 e. The van der Waals surface area contributed by atoms with Gasteiger partial charge in [-0.15, -0.1) is 0 Å². The van der Waals surface area contributed by atoms with Crippen molar-refractivity contribution in [2.24, 2.45) is 0 Å². The molecule has 0 aliphatic rings. The first-order chi connectivity index (χ1) is 28.7. The zero-order valence-corrected chi connectivity index (χ0v) is 31.4. The molecule has 0 fully saturated rings. The summed E-state index contributed by atoms with van der Waals surface area (Å²) in [5, 5.41) is 9.68. The van der Waals surface area contributed by atoms with Crippen molar-refractivity contribution in [1.82, 2.24) is 19.1 Å². The minimum atomic E-state index is 0.705. The number of hydrogen-bond acceptors (Lipinski definition) is 2. The predicted octanol–water partition coefficient (Wildman–Crippen LogP) is 14.0. The quantitative estimate of drug-likeness (QED) is 0.176. The average molecular weight is 739 g/mol. The summed E-state index contributed by atoms with van der Waals surface area (Å²) in [6.45, 7) is 0. The average Bonchev–Trinajstić information content (AvgIpc) is 3.80. The minimum Gasteiger partial charge on any atom is -0.309 e. The first kappa shape index (κ1) is 32.4. The van der Waals surface area contributed by atoms with Crippen molar-refractivity contribution in [3.63, 3.8) is 0 Å². The summed E-state index contributed by atoms with van der Waals surface area (Å²) in [6.07, 6.45) is 0. The highest BCUT2D eigenvalue weighted by molar-refractivity contribution is 6.19. The molecule has 0 radical (unpaired) electrons. The van der Waals surface area contributed by atoms with Crippen LogP contribution >= 0.6 is 0 Å². The highest BCUT2D eigenvalue weighted by atomic mass is 15.0. The normalized spacial score (nSPS) is 11.8. The third kappa shape index (κ3) is 5.16. The molecule has 12 rings (SSSR count). The molecule has 0 aliphatic heterocycles. The van der Waals surface area contributed by atoms with E-state index in [4.69, 9.17) is 9.97 Å². The minimum absolute atomic E-state index is 0.705. The lowest BCUT2D eigenvalue weighted by Crippen LogP contribution is -1.97. The summed E-state index contributed by atoms with van der Waals surface area (Å²) in [5.74, 6) is 0.705. The van der Waals surface area contributed by atoms with Gasteiger partial charge >= 0.3 is 0 Å². The number of benzene rings is 9. The van der Waals surface area contributed by atoms with Crippen LogP contribution in [-0.2, 0) is 0 Å². The van der Waals surface area contributed by atoms with Crippen LogP contribution in [-0.4, -0.2) is 19.1 Å². The van der Waals surface area contributed by atoms with E-state index in [1.54, 1.807) is 0 Å². The van der Waals surface area contributed by atoms with E-state index in [0.717, 1.165) is 39.5 Å². The molecular weight excluding hydrogens is 705 g/mol. The van der Waals surface area contributed by atoms with Gasteiger partial charge in [-0.25, -0.2) is 9.97 Å². The Morgan fingerprint density at radius 1 is 0.276 bits per heavy atom. The molecule has 3 heterocycles. The zero-order valence-electron chi connectivity index (χ0n) is 31.4. The molecule has 4 heteroatoms. The first-order valence-corrected chi connectivity index (χ1v) is 19.7. The van der Waals surface area contributed by atoms with Crippen molar-refractivity contribution in [3.05, 3.63) is 206 Å². The van der Waals surface area contributed by atoms with Gasteiger partial charge in [0.25, 0.3) is 0 Å². The molecule has 0 N–H and O–H groups in total. The van der Waals surface area contributed by atoms with E-state index in [0.29, 0.717) is 5.82 Å². The van der Waals surface area contributed by atoms with Gasteiger partial charge in [-0.3, -0.25) is 0 Å². The molecule has 3 aromatic heterocycles. The topological polar surface area (TPSA) is 35.6 Å². The third-order valence-electron chi connectivity index (χ3n) is 11.7. The lowest BCUT2D eigenvalue weighted by Gasteiger charge is -2.12. The van der Waals surface area contributed by atoms with Gasteiger partial charge in [0.2, 0.25) is 0 Å². The summed E-state index contributed by atoms with van der Waals surface area (Å²) in [4.78, 5) is 10.4. The number of rotatable bonds is 5. The largest absolute Gasteiger partial charge is 0.309 e. The van der Waals surface area contributed by atoms with Crippen LogP contribution in [0.5, 0.6) is 0 Å². The van der Waals surface area contributed by atoms with Gasteiger partial charge in [0.05, 0.1) is 33.5 Å². The molecule has 12 aromatic rings. The van der Waals surface area contributed by atoms with E-state index in [9.17, 15) is 0 Å². The number of hydrogen-bond donors (Lipinski definition) is 0. The van der Waals surface area contributed by atoms with Gasteiger partial charge in [-0.05, 0) is 88.3 Å².